The van der Waals surface area contributed by atoms with Crippen molar-refractivity contribution >= 4 is 17.6 Å². The Kier molecular flexibility index (Phi) is 4.43. The third-order valence-electron chi connectivity index (χ3n) is 3.62. The van der Waals surface area contributed by atoms with Crippen LogP contribution in [-0.2, 0) is 4.79 Å². The average molecular weight is 305 g/mol. The van der Waals surface area contributed by atoms with Gasteiger partial charge in [0.15, 0.2) is 11.5 Å². The molecule has 0 unspecified atom stereocenters. The predicted octanol–water partition coefficient (Wildman–Crippen LogP) is 1.20. The third-order valence-corrected chi connectivity index (χ3v) is 3.62. The van der Waals surface area contributed by atoms with E-state index in [2.05, 4.69) is 10.6 Å². The lowest BCUT2D eigenvalue weighted by molar-refractivity contribution is -0.120. The Balaban J connectivity index is 1.51. The minimum Gasteiger partial charge on any atom is -0.486 e. The lowest BCUT2D eigenvalue weighted by Crippen LogP contribution is -2.41. The van der Waals surface area contributed by atoms with Gasteiger partial charge in [0.25, 0.3) is 0 Å². The van der Waals surface area contributed by atoms with E-state index >= 15 is 0 Å². The maximum atomic E-state index is 11.8. The monoisotopic (exact) mass is 305 g/mol. The molecule has 2 N–H and O–H groups in total. The largest absolute Gasteiger partial charge is 0.486 e. The molecule has 22 heavy (non-hydrogen) atoms. The number of likely N-dealkylation sites (tertiary alicyclic amines) is 1. The number of ether oxygens (including phenoxy) is 2. The molecule has 0 saturated carbocycles. The van der Waals surface area contributed by atoms with Gasteiger partial charge < -0.3 is 14.8 Å². The smallest absolute Gasteiger partial charge is 0.325 e. The molecule has 3 amide bonds. The number of nitrogens with one attached hydrogen (secondary N) is 2. The molecular weight excluding hydrogens is 286 g/mol. The minimum absolute atomic E-state index is 0.258. The van der Waals surface area contributed by atoms with E-state index in [-0.39, 0.29) is 12.5 Å². The van der Waals surface area contributed by atoms with Crippen LogP contribution in [0.1, 0.15) is 12.8 Å². The molecule has 0 radical (unpaired) electrons. The minimum atomic E-state index is -0.541. The first kappa shape index (κ1) is 14.6. The lowest BCUT2D eigenvalue weighted by Gasteiger charge is -2.19. The van der Waals surface area contributed by atoms with Crippen molar-refractivity contribution in [2.45, 2.75) is 12.8 Å². The van der Waals surface area contributed by atoms with E-state index in [1.807, 2.05) is 4.90 Å². The SMILES string of the molecule is O=C(CN1CCCC1)NC(=O)Nc1ccc2c(c1)OCCO2. The molecule has 2 aliphatic heterocycles. The highest BCUT2D eigenvalue weighted by Crippen LogP contribution is 2.32. The summed E-state index contributed by atoms with van der Waals surface area (Å²) >= 11 is 0. The zero-order chi connectivity index (χ0) is 15.4. The van der Waals surface area contributed by atoms with Crippen molar-refractivity contribution in [2.24, 2.45) is 0 Å². The molecule has 1 aromatic carbocycles. The summed E-state index contributed by atoms with van der Waals surface area (Å²) in [6.07, 6.45) is 2.22. The molecular formula is C15H19N3O4. The van der Waals surface area contributed by atoms with Crippen LogP contribution in [0.4, 0.5) is 10.5 Å². The zero-order valence-corrected chi connectivity index (χ0v) is 12.3. The highest BCUT2D eigenvalue weighted by Gasteiger charge is 2.17. The van der Waals surface area contributed by atoms with Gasteiger partial charge in [-0.25, -0.2) is 4.79 Å². The van der Waals surface area contributed by atoms with Gasteiger partial charge in [-0.2, -0.15) is 0 Å². The Bertz CT molecular complexity index is 570. The molecule has 0 aliphatic carbocycles. The number of carbonyl (C=O) groups is 2. The van der Waals surface area contributed by atoms with Crippen molar-refractivity contribution in [3.05, 3.63) is 18.2 Å². The van der Waals surface area contributed by atoms with Crippen molar-refractivity contribution in [3.8, 4) is 11.5 Å². The van der Waals surface area contributed by atoms with Crippen LogP contribution in [0.3, 0.4) is 0 Å². The number of hydrogen-bond acceptors (Lipinski definition) is 5. The first-order valence-corrected chi connectivity index (χ1v) is 7.43. The Morgan fingerprint density at radius 1 is 1.09 bits per heavy atom. The van der Waals surface area contributed by atoms with E-state index in [0.717, 1.165) is 25.9 Å². The van der Waals surface area contributed by atoms with Crippen molar-refractivity contribution in [2.75, 3.05) is 38.2 Å². The molecule has 7 nitrogen and oxygen atoms in total. The molecule has 1 saturated heterocycles. The maximum Gasteiger partial charge on any atom is 0.325 e. The molecule has 0 spiro atoms. The van der Waals surface area contributed by atoms with E-state index < -0.39 is 6.03 Å². The number of urea groups is 1. The van der Waals surface area contributed by atoms with E-state index in [1.165, 1.54) is 0 Å². The van der Waals surface area contributed by atoms with Crippen LogP contribution >= 0.6 is 0 Å². The van der Waals surface area contributed by atoms with Crippen LogP contribution in [0, 0.1) is 0 Å². The number of hydrogen-bond donors (Lipinski definition) is 2. The molecule has 0 atom stereocenters. The lowest BCUT2D eigenvalue weighted by atomic mass is 10.2. The summed E-state index contributed by atoms with van der Waals surface area (Å²) in [4.78, 5) is 25.6. The molecule has 1 fully saturated rings. The van der Waals surface area contributed by atoms with Crippen molar-refractivity contribution in [1.29, 1.82) is 0 Å². The van der Waals surface area contributed by atoms with Gasteiger partial charge in [-0.05, 0) is 38.1 Å². The molecule has 2 aliphatic rings. The maximum absolute atomic E-state index is 11.8. The van der Waals surface area contributed by atoms with Gasteiger partial charge in [0.05, 0.1) is 6.54 Å². The fraction of sp³-hybridized carbons (Fsp3) is 0.467. The van der Waals surface area contributed by atoms with Gasteiger partial charge in [-0.15, -0.1) is 0 Å². The van der Waals surface area contributed by atoms with E-state index in [4.69, 9.17) is 9.47 Å². The Morgan fingerprint density at radius 3 is 2.59 bits per heavy atom. The number of benzene rings is 1. The Hall–Kier alpha value is -2.28. The van der Waals surface area contributed by atoms with Crippen LogP contribution in [0.25, 0.3) is 0 Å². The number of carbonyl (C=O) groups excluding carboxylic acids is 2. The number of anilines is 1. The molecule has 7 heteroatoms. The highest BCUT2D eigenvalue weighted by molar-refractivity contribution is 6.01. The van der Waals surface area contributed by atoms with Crippen LogP contribution in [-0.4, -0.2) is 49.7 Å². The zero-order valence-electron chi connectivity index (χ0n) is 12.3. The number of imide groups is 1. The molecule has 118 valence electrons. The van der Waals surface area contributed by atoms with Gasteiger partial charge in [0.2, 0.25) is 5.91 Å². The molecule has 0 bridgehead atoms. The molecule has 1 aromatic rings. The van der Waals surface area contributed by atoms with Crippen molar-refractivity contribution in [1.82, 2.24) is 10.2 Å². The second-order valence-electron chi connectivity index (χ2n) is 5.34. The summed E-state index contributed by atoms with van der Waals surface area (Å²) in [5.74, 6) is 0.951. The topological polar surface area (TPSA) is 79.9 Å². The molecule has 3 rings (SSSR count). The fourth-order valence-electron chi connectivity index (χ4n) is 2.59. The standard InChI is InChI=1S/C15H19N3O4/c19-14(10-18-5-1-2-6-18)17-15(20)16-11-3-4-12-13(9-11)22-8-7-21-12/h3-4,9H,1-2,5-8,10H2,(H2,16,17,19,20). The first-order valence-electron chi connectivity index (χ1n) is 7.43. The summed E-state index contributed by atoms with van der Waals surface area (Å²) in [6.45, 7) is 3.09. The normalized spacial score (nSPS) is 17.1. The van der Waals surface area contributed by atoms with E-state index in [9.17, 15) is 9.59 Å². The van der Waals surface area contributed by atoms with E-state index in [1.54, 1.807) is 18.2 Å². The van der Waals surface area contributed by atoms with Gasteiger partial charge in [-0.1, -0.05) is 0 Å². The predicted molar refractivity (Wildman–Crippen MR) is 80.3 cm³/mol. The summed E-state index contributed by atoms with van der Waals surface area (Å²) in [5.41, 5.74) is 0.552. The summed E-state index contributed by atoms with van der Waals surface area (Å²) in [5, 5.41) is 4.96. The van der Waals surface area contributed by atoms with Crippen LogP contribution in [0.2, 0.25) is 0 Å². The van der Waals surface area contributed by atoms with E-state index in [0.29, 0.717) is 30.4 Å². The summed E-state index contributed by atoms with van der Waals surface area (Å²) < 4.78 is 10.9. The van der Waals surface area contributed by atoms with Crippen LogP contribution in [0.15, 0.2) is 18.2 Å². The van der Waals surface area contributed by atoms with Gasteiger partial charge in [0.1, 0.15) is 13.2 Å². The number of rotatable bonds is 3. The Morgan fingerprint density at radius 2 is 1.82 bits per heavy atom. The fourth-order valence-corrected chi connectivity index (χ4v) is 2.59. The van der Waals surface area contributed by atoms with Crippen molar-refractivity contribution in [3.63, 3.8) is 0 Å². The Labute approximate surface area is 128 Å². The van der Waals surface area contributed by atoms with Crippen molar-refractivity contribution < 1.29 is 19.1 Å². The number of fused-ring (bicyclic) bond motifs is 1. The first-order chi connectivity index (χ1) is 10.7. The second-order valence-corrected chi connectivity index (χ2v) is 5.34. The van der Waals surface area contributed by atoms with Gasteiger partial charge in [-0.3, -0.25) is 15.0 Å². The van der Waals surface area contributed by atoms with Gasteiger partial charge >= 0.3 is 6.03 Å². The highest BCUT2D eigenvalue weighted by atomic mass is 16.6. The molecule has 2 heterocycles. The third kappa shape index (κ3) is 3.67. The second kappa shape index (κ2) is 6.65. The number of amides is 3. The van der Waals surface area contributed by atoms with Crippen LogP contribution < -0.4 is 20.1 Å². The summed E-state index contributed by atoms with van der Waals surface area (Å²) in [6, 6.07) is 4.58. The summed E-state index contributed by atoms with van der Waals surface area (Å²) in [7, 11) is 0. The van der Waals surface area contributed by atoms with Crippen LogP contribution in [0.5, 0.6) is 11.5 Å². The quantitative estimate of drug-likeness (QED) is 0.877. The van der Waals surface area contributed by atoms with Gasteiger partial charge in [0, 0.05) is 11.8 Å². The average Bonchev–Trinajstić information content (AvgIpc) is 2.99. The number of nitrogens with zero attached hydrogens (tertiary/aromatic N) is 1. The molecule has 0 aromatic heterocycles.